The number of nitrogens with two attached hydrogens (primary N) is 1. The summed E-state index contributed by atoms with van der Waals surface area (Å²) in [5.41, 5.74) is 7.38. The van der Waals surface area contributed by atoms with Crippen LogP contribution in [0.5, 0.6) is 0 Å². The molecule has 0 aliphatic rings. The van der Waals surface area contributed by atoms with Crippen molar-refractivity contribution in [2.45, 2.75) is 0 Å². The van der Waals surface area contributed by atoms with Gasteiger partial charge in [0.2, 0.25) is 0 Å². The molecule has 0 aliphatic heterocycles. The highest BCUT2D eigenvalue weighted by Crippen LogP contribution is 2.30. The van der Waals surface area contributed by atoms with Crippen LogP contribution in [0.1, 0.15) is 10.4 Å². The summed E-state index contributed by atoms with van der Waals surface area (Å²) in [4.78, 5) is 16.1. The molecule has 0 atom stereocenters. The number of nitrogen functional groups attached to an aromatic ring is 1. The van der Waals surface area contributed by atoms with Gasteiger partial charge in [-0.25, -0.2) is 4.98 Å². The van der Waals surface area contributed by atoms with Gasteiger partial charge in [-0.3, -0.25) is 4.79 Å². The van der Waals surface area contributed by atoms with Gasteiger partial charge in [0.1, 0.15) is 16.9 Å². The molecule has 0 spiro atoms. The van der Waals surface area contributed by atoms with Gasteiger partial charge in [-0.15, -0.1) is 0 Å². The highest BCUT2D eigenvalue weighted by Gasteiger charge is 2.15. The number of halogens is 2. The first-order chi connectivity index (χ1) is 10.1. The van der Waals surface area contributed by atoms with Gasteiger partial charge in [0.25, 0.3) is 5.91 Å². The predicted octanol–water partition coefficient (Wildman–Crippen LogP) is 3.23. The molecule has 0 fully saturated rings. The lowest BCUT2D eigenvalue weighted by atomic mass is 10.2. The normalized spacial score (nSPS) is 10.8. The fourth-order valence-corrected chi connectivity index (χ4v) is 2.61. The largest absolute Gasteiger partial charge is 0.382 e. The van der Waals surface area contributed by atoms with Crippen LogP contribution in [0.3, 0.4) is 0 Å². The summed E-state index contributed by atoms with van der Waals surface area (Å²) in [5.74, 6) is -0.246. The Morgan fingerprint density at radius 1 is 1.24 bits per heavy atom. The minimum Gasteiger partial charge on any atom is -0.382 e. The molecule has 106 valence electrons. The third-order valence-electron chi connectivity index (χ3n) is 2.75. The maximum absolute atomic E-state index is 12.2. The van der Waals surface area contributed by atoms with E-state index in [2.05, 4.69) is 19.0 Å². The Hall–Kier alpha value is -1.96. The zero-order valence-electron chi connectivity index (χ0n) is 10.3. The Bertz CT molecular complexity index is 851. The summed E-state index contributed by atoms with van der Waals surface area (Å²) in [7, 11) is 0. The van der Waals surface area contributed by atoms with Gasteiger partial charge in [0.15, 0.2) is 0 Å². The van der Waals surface area contributed by atoms with Crippen molar-refractivity contribution in [3.05, 3.63) is 40.0 Å². The summed E-state index contributed by atoms with van der Waals surface area (Å²) in [6.45, 7) is 0. The fraction of sp³-hybridized carbons (Fsp3) is 0. The van der Waals surface area contributed by atoms with Crippen LogP contribution in [0, 0.1) is 0 Å². The molecule has 0 radical (unpaired) electrons. The number of carbonyl (C=O) groups is 1. The van der Waals surface area contributed by atoms with Crippen LogP contribution in [-0.4, -0.2) is 19.6 Å². The van der Waals surface area contributed by atoms with Crippen LogP contribution in [0.15, 0.2) is 24.4 Å². The molecule has 9 heteroatoms. The Morgan fingerprint density at radius 3 is 2.81 bits per heavy atom. The summed E-state index contributed by atoms with van der Waals surface area (Å²) < 4.78 is 8.22. The van der Waals surface area contributed by atoms with E-state index in [0.29, 0.717) is 21.7 Å². The lowest BCUT2D eigenvalue weighted by molar-refractivity contribution is 0.102. The molecule has 3 rings (SSSR count). The van der Waals surface area contributed by atoms with Crippen molar-refractivity contribution in [3.63, 3.8) is 0 Å². The number of hydrogen-bond acceptors (Lipinski definition) is 6. The minimum atomic E-state index is -0.410. The summed E-state index contributed by atoms with van der Waals surface area (Å²) in [6, 6.07) is 4.82. The van der Waals surface area contributed by atoms with Crippen molar-refractivity contribution in [1.29, 1.82) is 0 Å². The summed E-state index contributed by atoms with van der Waals surface area (Å²) in [5, 5.41) is 3.28. The molecule has 3 N–H and O–H groups in total. The minimum absolute atomic E-state index is 0.164. The summed E-state index contributed by atoms with van der Waals surface area (Å²) >= 11 is 13.0. The molecule has 0 saturated heterocycles. The van der Waals surface area contributed by atoms with E-state index in [4.69, 9.17) is 28.9 Å². The second-order valence-electron chi connectivity index (χ2n) is 4.10. The first-order valence-electron chi connectivity index (χ1n) is 5.69. The molecule has 0 bridgehead atoms. The lowest BCUT2D eigenvalue weighted by Gasteiger charge is -2.08. The Labute approximate surface area is 133 Å². The number of nitrogens with zero attached hydrogens (tertiary/aromatic N) is 3. The topological polar surface area (TPSA) is 93.8 Å². The highest BCUT2D eigenvalue weighted by molar-refractivity contribution is 7.00. The average molecular weight is 340 g/mol. The summed E-state index contributed by atoms with van der Waals surface area (Å²) in [6.07, 6.45) is 1.34. The SMILES string of the molecule is Nc1ncc(C(=O)Nc2c(Cl)ccc3nsnc23)cc1Cl. The van der Waals surface area contributed by atoms with Gasteiger partial charge in [-0.1, -0.05) is 23.2 Å². The molecule has 0 saturated carbocycles. The Balaban J connectivity index is 1.98. The van der Waals surface area contributed by atoms with E-state index in [1.54, 1.807) is 12.1 Å². The first-order valence-corrected chi connectivity index (χ1v) is 7.18. The van der Waals surface area contributed by atoms with E-state index < -0.39 is 5.91 Å². The Morgan fingerprint density at radius 2 is 2.05 bits per heavy atom. The second-order valence-corrected chi connectivity index (χ2v) is 5.44. The maximum atomic E-state index is 12.2. The van der Waals surface area contributed by atoms with Crippen LogP contribution >= 0.6 is 34.9 Å². The van der Waals surface area contributed by atoms with Crippen molar-refractivity contribution in [2.24, 2.45) is 0 Å². The number of rotatable bonds is 2. The second kappa shape index (κ2) is 5.44. The molecule has 3 aromatic rings. The van der Waals surface area contributed by atoms with E-state index in [9.17, 15) is 4.79 Å². The number of carbonyl (C=O) groups excluding carboxylic acids is 1. The van der Waals surface area contributed by atoms with Crippen molar-refractivity contribution < 1.29 is 4.79 Å². The van der Waals surface area contributed by atoms with Crippen molar-refractivity contribution in [3.8, 4) is 0 Å². The van der Waals surface area contributed by atoms with Crippen LogP contribution in [0.4, 0.5) is 11.5 Å². The molecular formula is C12H7Cl2N5OS. The number of nitrogens with one attached hydrogen (secondary N) is 1. The molecule has 0 aliphatic carbocycles. The van der Waals surface area contributed by atoms with Gasteiger partial charge in [0, 0.05) is 6.20 Å². The maximum Gasteiger partial charge on any atom is 0.257 e. The van der Waals surface area contributed by atoms with Crippen LogP contribution in [0.2, 0.25) is 10.0 Å². The lowest BCUT2D eigenvalue weighted by Crippen LogP contribution is -2.13. The van der Waals surface area contributed by atoms with Crippen LogP contribution in [-0.2, 0) is 0 Å². The zero-order chi connectivity index (χ0) is 15.0. The van der Waals surface area contributed by atoms with Crippen molar-refractivity contribution in [1.82, 2.24) is 13.7 Å². The van der Waals surface area contributed by atoms with Crippen LogP contribution in [0.25, 0.3) is 11.0 Å². The number of fused-ring (bicyclic) bond motifs is 1. The molecule has 21 heavy (non-hydrogen) atoms. The number of anilines is 2. The molecule has 1 aromatic carbocycles. The van der Waals surface area contributed by atoms with E-state index >= 15 is 0 Å². The number of amides is 1. The van der Waals surface area contributed by atoms with E-state index in [1.165, 1.54) is 12.3 Å². The van der Waals surface area contributed by atoms with E-state index in [1.807, 2.05) is 0 Å². The molecule has 2 aromatic heterocycles. The molecule has 0 unspecified atom stereocenters. The van der Waals surface area contributed by atoms with Gasteiger partial charge in [0.05, 0.1) is 33.0 Å². The standard InChI is InChI=1S/C12H7Cl2N5OS/c13-6-1-2-8-10(19-21-18-8)9(6)17-12(20)5-3-7(14)11(15)16-4-5/h1-4H,(H2,15,16)(H,17,20). The van der Waals surface area contributed by atoms with Gasteiger partial charge >= 0.3 is 0 Å². The van der Waals surface area contributed by atoms with Crippen molar-refractivity contribution in [2.75, 3.05) is 11.1 Å². The molecule has 1 amide bonds. The van der Waals surface area contributed by atoms with E-state index in [0.717, 1.165) is 11.7 Å². The highest BCUT2D eigenvalue weighted by atomic mass is 35.5. The smallest absolute Gasteiger partial charge is 0.257 e. The number of hydrogen-bond donors (Lipinski definition) is 2. The quantitative estimate of drug-likeness (QED) is 0.747. The predicted molar refractivity (Wildman–Crippen MR) is 84.0 cm³/mol. The molecular weight excluding hydrogens is 333 g/mol. The molecule has 2 heterocycles. The van der Waals surface area contributed by atoms with Gasteiger partial charge < -0.3 is 11.1 Å². The average Bonchev–Trinajstić information content (AvgIpc) is 2.93. The monoisotopic (exact) mass is 339 g/mol. The zero-order valence-corrected chi connectivity index (χ0v) is 12.6. The first kappa shape index (κ1) is 14.0. The Kier molecular flexibility index (Phi) is 3.62. The number of pyridine rings is 1. The molecule has 6 nitrogen and oxygen atoms in total. The van der Waals surface area contributed by atoms with Gasteiger partial charge in [-0.05, 0) is 18.2 Å². The van der Waals surface area contributed by atoms with Crippen LogP contribution < -0.4 is 11.1 Å². The third kappa shape index (κ3) is 2.63. The number of benzene rings is 1. The fourth-order valence-electron chi connectivity index (χ4n) is 1.70. The number of aromatic nitrogens is 3. The van der Waals surface area contributed by atoms with Crippen molar-refractivity contribution >= 4 is 63.4 Å². The van der Waals surface area contributed by atoms with E-state index in [-0.39, 0.29) is 16.4 Å². The van der Waals surface area contributed by atoms with Gasteiger partial charge in [-0.2, -0.15) is 8.75 Å². The third-order valence-corrected chi connectivity index (χ3v) is 3.91.